The molecule has 0 aliphatic carbocycles. The van der Waals surface area contributed by atoms with Crippen LogP contribution in [0.15, 0.2) is 42.7 Å². The molecule has 2 rings (SSSR count). The minimum absolute atomic E-state index is 0.326. The van der Waals surface area contributed by atoms with Crippen molar-refractivity contribution in [2.75, 3.05) is 0 Å². The molecule has 1 aromatic heterocycles. The number of rotatable bonds is 1. The standard InChI is InChI=1S/C12H7ClF3N/c13-11-7-17-5-4-10(11)8-2-1-3-9(6-8)12(14,15)16/h1-7H. The van der Waals surface area contributed by atoms with Crippen LogP contribution in [0.5, 0.6) is 0 Å². The van der Waals surface area contributed by atoms with Gasteiger partial charge in [-0.05, 0) is 23.8 Å². The summed E-state index contributed by atoms with van der Waals surface area (Å²) < 4.78 is 37.6. The molecule has 0 unspecified atom stereocenters. The fraction of sp³-hybridized carbons (Fsp3) is 0.0833. The maximum atomic E-state index is 12.5. The van der Waals surface area contributed by atoms with Crippen molar-refractivity contribution in [3.63, 3.8) is 0 Å². The first-order chi connectivity index (χ1) is 7.98. The number of hydrogen-bond acceptors (Lipinski definition) is 1. The number of nitrogens with zero attached hydrogens (tertiary/aromatic N) is 1. The second-order valence-electron chi connectivity index (χ2n) is 3.43. The quantitative estimate of drug-likeness (QED) is 0.737. The maximum Gasteiger partial charge on any atom is 0.416 e. The Balaban J connectivity index is 2.51. The summed E-state index contributed by atoms with van der Waals surface area (Å²) in [5.41, 5.74) is 0.267. The summed E-state index contributed by atoms with van der Waals surface area (Å²) in [6, 6.07) is 6.61. The van der Waals surface area contributed by atoms with E-state index >= 15 is 0 Å². The van der Waals surface area contributed by atoms with Crippen LogP contribution in [0.2, 0.25) is 5.02 Å². The molecule has 0 saturated carbocycles. The molecule has 1 aromatic carbocycles. The number of benzene rings is 1. The first-order valence-corrected chi connectivity index (χ1v) is 5.13. The van der Waals surface area contributed by atoms with Crippen molar-refractivity contribution >= 4 is 11.6 Å². The Bertz CT molecular complexity index is 537. The molecule has 1 heterocycles. The van der Waals surface area contributed by atoms with Crippen molar-refractivity contribution in [1.29, 1.82) is 0 Å². The first-order valence-electron chi connectivity index (χ1n) is 4.75. The topological polar surface area (TPSA) is 12.9 Å². The lowest BCUT2D eigenvalue weighted by atomic mass is 10.0. The van der Waals surface area contributed by atoms with E-state index in [4.69, 9.17) is 11.6 Å². The van der Waals surface area contributed by atoms with Gasteiger partial charge in [0.25, 0.3) is 0 Å². The number of halogens is 4. The molecule has 88 valence electrons. The molecule has 0 bridgehead atoms. The van der Waals surface area contributed by atoms with Crippen LogP contribution in [0.4, 0.5) is 13.2 Å². The van der Waals surface area contributed by atoms with E-state index in [0.29, 0.717) is 16.1 Å². The van der Waals surface area contributed by atoms with Crippen LogP contribution < -0.4 is 0 Å². The third kappa shape index (κ3) is 2.58. The normalized spacial score (nSPS) is 11.5. The molecule has 17 heavy (non-hydrogen) atoms. The van der Waals surface area contributed by atoms with Gasteiger partial charge in [0.2, 0.25) is 0 Å². The highest BCUT2D eigenvalue weighted by atomic mass is 35.5. The van der Waals surface area contributed by atoms with Gasteiger partial charge in [-0.25, -0.2) is 0 Å². The van der Waals surface area contributed by atoms with Gasteiger partial charge in [-0.3, -0.25) is 4.98 Å². The predicted molar refractivity (Wildman–Crippen MR) is 59.7 cm³/mol. The number of hydrogen-bond donors (Lipinski definition) is 0. The maximum absolute atomic E-state index is 12.5. The minimum Gasteiger partial charge on any atom is -0.263 e. The SMILES string of the molecule is FC(F)(F)c1cccc(-c2ccncc2Cl)c1. The molecule has 0 aliphatic heterocycles. The van der Waals surface area contributed by atoms with Gasteiger partial charge >= 0.3 is 6.18 Å². The van der Waals surface area contributed by atoms with Crippen LogP contribution in [0.3, 0.4) is 0 Å². The number of aromatic nitrogens is 1. The Hall–Kier alpha value is -1.55. The van der Waals surface area contributed by atoms with Crippen LogP contribution in [0.25, 0.3) is 11.1 Å². The van der Waals surface area contributed by atoms with E-state index in [2.05, 4.69) is 4.98 Å². The highest BCUT2D eigenvalue weighted by molar-refractivity contribution is 6.33. The second kappa shape index (κ2) is 4.37. The van der Waals surface area contributed by atoms with Crippen molar-refractivity contribution in [3.8, 4) is 11.1 Å². The van der Waals surface area contributed by atoms with Crippen molar-refractivity contribution in [2.45, 2.75) is 6.18 Å². The zero-order valence-electron chi connectivity index (χ0n) is 8.50. The summed E-state index contributed by atoms with van der Waals surface area (Å²) in [4.78, 5) is 3.79. The van der Waals surface area contributed by atoms with Crippen LogP contribution in [0, 0.1) is 0 Å². The van der Waals surface area contributed by atoms with Crippen LogP contribution >= 0.6 is 11.6 Å². The third-order valence-electron chi connectivity index (χ3n) is 2.27. The smallest absolute Gasteiger partial charge is 0.263 e. The Morgan fingerprint density at radius 1 is 1.12 bits per heavy atom. The lowest BCUT2D eigenvalue weighted by Gasteiger charge is -2.09. The third-order valence-corrected chi connectivity index (χ3v) is 2.57. The van der Waals surface area contributed by atoms with Gasteiger partial charge in [-0.2, -0.15) is 13.2 Å². The Morgan fingerprint density at radius 2 is 1.88 bits per heavy atom. The first kappa shape index (κ1) is 11.9. The summed E-state index contributed by atoms with van der Waals surface area (Å²) in [6.07, 6.45) is -1.46. The van der Waals surface area contributed by atoms with Gasteiger partial charge < -0.3 is 0 Å². The molecule has 2 aromatic rings. The fourth-order valence-electron chi connectivity index (χ4n) is 1.47. The highest BCUT2D eigenvalue weighted by Crippen LogP contribution is 2.33. The number of pyridine rings is 1. The van der Waals surface area contributed by atoms with E-state index in [1.54, 1.807) is 12.1 Å². The fourth-order valence-corrected chi connectivity index (χ4v) is 1.70. The van der Waals surface area contributed by atoms with Crippen LogP contribution in [-0.4, -0.2) is 4.98 Å². The molecule has 0 aliphatic rings. The predicted octanol–water partition coefficient (Wildman–Crippen LogP) is 4.42. The van der Waals surface area contributed by atoms with E-state index < -0.39 is 11.7 Å². The van der Waals surface area contributed by atoms with E-state index in [1.165, 1.54) is 18.5 Å². The summed E-state index contributed by atoms with van der Waals surface area (Å²) in [5.74, 6) is 0. The summed E-state index contributed by atoms with van der Waals surface area (Å²) >= 11 is 5.88. The largest absolute Gasteiger partial charge is 0.416 e. The summed E-state index contributed by atoms with van der Waals surface area (Å²) in [7, 11) is 0. The monoisotopic (exact) mass is 257 g/mol. The van der Waals surface area contributed by atoms with Gasteiger partial charge in [0.1, 0.15) is 0 Å². The molecule has 0 atom stereocenters. The van der Waals surface area contributed by atoms with Crippen molar-refractivity contribution in [1.82, 2.24) is 4.98 Å². The van der Waals surface area contributed by atoms with Gasteiger partial charge in [0, 0.05) is 18.0 Å². The van der Waals surface area contributed by atoms with Gasteiger partial charge in [-0.1, -0.05) is 23.7 Å². The van der Waals surface area contributed by atoms with E-state index in [1.807, 2.05) is 0 Å². The molecular weight excluding hydrogens is 251 g/mol. The van der Waals surface area contributed by atoms with E-state index in [9.17, 15) is 13.2 Å². The van der Waals surface area contributed by atoms with E-state index in [0.717, 1.165) is 12.1 Å². The minimum atomic E-state index is -4.35. The molecule has 0 amide bonds. The van der Waals surface area contributed by atoms with Crippen molar-refractivity contribution < 1.29 is 13.2 Å². The highest BCUT2D eigenvalue weighted by Gasteiger charge is 2.30. The van der Waals surface area contributed by atoms with Crippen molar-refractivity contribution in [2.24, 2.45) is 0 Å². The molecule has 0 fully saturated rings. The van der Waals surface area contributed by atoms with Gasteiger partial charge in [0.15, 0.2) is 0 Å². The average Bonchev–Trinajstić information content (AvgIpc) is 2.29. The van der Waals surface area contributed by atoms with Crippen LogP contribution in [0.1, 0.15) is 5.56 Å². The molecular formula is C12H7ClF3N. The molecule has 0 spiro atoms. The Kier molecular flexibility index (Phi) is 3.07. The Labute approximate surface area is 101 Å². The average molecular weight is 258 g/mol. The number of alkyl halides is 3. The van der Waals surface area contributed by atoms with Crippen molar-refractivity contribution in [3.05, 3.63) is 53.3 Å². The van der Waals surface area contributed by atoms with Crippen LogP contribution in [-0.2, 0) is 6.18 Å². The molecule has 0 radical (unpaired) electrons. The molecule has 0 N–H and O–H groups in total. The summed E-state index contributed by atoms with van der Waals surface area (Å²) in [5, 5.41) is 0.326. The zero-order chi connectivity index (χ0) is 12.5. The Morgan fingerprint density at radius 3 is 2.53 bits per heavy atom. The lowest BCUT2D eigenvalue weighted by molar-refractivity contribution is -0.137. The van der Waals surface area contributed by atoms with Gasteiger partial charge in [-0.15, -0.1) is 0 Å². The summed E-state index contributed by atoms with van der Waals surface area (Å²) in [6.45, 7) is 0. The second-order valence-corrected chi connectivity index (χ2v) is 3.84. The zero-order valence-corrected chi connectivity index (χ0v) is 9.26. The molecule has 5 heteroatoms. The molecule has 0 saturated heterocycles. The molecule has 1 nitrogen and oxygen atoms in total. The van der Waals surface area contributed by atoms with E-state index in [-0.39, 0.29) is 0 Å². The lowest BCUT2D eigenvalue weighted by Crippen LogP contribution is -2.04. The van der Waals surface area contributed by atoms with Gasteiger partial charge in [0.05, 0.1) is 10.6 Å².